The number of amides is 3. The topological polar surface area (TPSA) is 219 Å². The van der Waals surface area contributed by atoms with Gasteiger partial charge in [-0.3, -0.25) is 9.59 Å². The molecule has 0 rings (SSSR count). The van der Waals surface area contributed by atoms with Crippen molar-refractivity contribution >= 4 is 29.8 Å². The van der Waals surface area contributed by atoms with Crippen molar-refractivity contribution in [1.82, 2.24) is 16.0 Å². The van der Waals surface area contributed by atoms with Crippen LogP contribution in [0.4, 0.5) is 4.79 Å². The number of nitrogens with one attached hydrogen (secondary N) is 3. The van der Waals surface area contributed by atoms with E-state index < -0.39 is 42.4 Å². The van der Waals surface area contributed by atoms with Crippen LogP contribution in [0.2, 0.25) is 0 Å². The minimum atomic E-state index is -1.47. The summed E-state index contributed by atoms with van der Waals surface area (Å²) in [5, 5.41) is 33.9. The third-order valence-electron chi connectivity index (χ3n) is 5.03. The second kappa shape index (κ2) is 24.1. The number of ether oxygens (including phenoxy) is 4. The lowest BCUT2D eigenvalue weighted by Crippen LogP contribution is -2.51. The fourth-order valence-corrected chi connectivity index (χ4v) is 3.00. The van der Waals surface area contributed by atoms with Gasteiger partial charge in [-0.05, 0) is 32.1 Å². The molecule has 0 aliphatic carbocycles. The van der Waals surface area contributed by atoms with Crippen LogP contribution in [0.5, 0.6) is 0 Å². The van der Waals surface area contributed by atoms with Crippen molar-refractivity contribution in [1.29, 1.82) is 0 Å². The number of hydrogen-bond acceptors (Lipinski definition) is 9. The molecule has 0 aromatic carbocycles. The molecule has 0 radical (unpaired) electrons. The fraction of sp³-hybridized carbons (Fsp3) is 0.792. The number of hydrogen-bond donors (Lipinski definition) is 6. The average molecular weight is 566 g/mol. The van der Waals surface area contributed by atoms with E-state index >= 15 is 0 Å². The summed E-state index contributed by atoms with van der Waals surface area (Å²) in [7, 11) is 0. The molecule has 0 bridgehead atoms. The van der Waals surface area contributed by atoms with Crippen LogP contribution < -0.4 is 16.0 Å². The first-order valence-corrected chi connectivity index (χ1v) is 13.0. The first-order chi connectivity index (χ1) is 18.7. The minimum absolute atomic E-state index is 0.0479. The highest BCUT2D eigenvalue weighted by Gasteiger charge is 2.24. The third-order valence-corrected chi connectivity index (χ3v) is 5.03. The summed E-state index contributed by atoms with van der Waals surface area (Å²) in [6.07, 6.45) is 1.18. The highest BCUT2D eigenvalue weighted by molar-refractivity contribution is 5.86. The van der Waals surface area contributed by atoms with Gasteiger partial charge in [0.1, 0.15) is 12.1 Å². The van der Waals surface area contributed by atoms with Gasteiger partial charge in [0.15, 0.2) is 0 Å². The monoisotopic (exact) mass is 565 g/mol. The van der Waals surface area contributed by atoms with E-state index in [4.69, 9.17) is 29.2 Å². The van der Waals surface area contributed by atoms with Crippen molar-refractivity contribution in [2.45, 2.75) is 64.0 Å². The van der Waals surface area contributed by atoms with Crippen LogP contribution in [-0.2, 0) is 38.1 Å². The highest BCUT2D eigenvalue weighted by atomic mass is 16.6. The van der Waals surface area contributed by atoms with Gasteiger partial charge in [-0.1, -0.05) is 6.92 Å². The van der Waals surface area contributed by atoms with Crippen LogP contribution >= 0.6 is 0 Å². The SMILES string of the molecule is CCCOCCOCCOCCOCCC(=O)NCCCCC(NC(=O)NC(CCC(=O)O)C(=O)O)C(=O)O. The number of unbranched alkanes of at least 4 members (excludes halogenated alkanes) is 1. The molecule has 39 heavy (non-hydrogen) atoms. The Hall–Kier alpha value is -3.01. The van der Waals surface area contributed by atoms with Gasteiger partial charge in [-0.15, -0.1) is 0 Å². The fourth-order valence-electron chi connectivity index (χ4n) is 3.00. The number of rotatable bonds is 26. The van der Waals surface area contributed by atoms with Crippen LogP contribution in [0.25, 0.3) is 0 Å². The van der Waals surface area contributed by atoms with Gasteiger partial charge in [0, 0.05) is 26.0 Å². The maximum atomic E-state index is 12.0. The summed E-state index contributed by atoms with van der Waals surface area (Å²) in [5.41, 5.74) is 0. The summed E-state index contributed by atoms with van der Waals surface area (Å²) >= 11 is 0. The third kappa shape index (κ3) is 22.7. The van der Waals surface area contributed by atoms with E-state index in [1.165, 1.54) is 0 Å². The quantitative estimate of drug-likeness (QED) is 0.0775. The standard InChI is InChI=1S/C24H43N3O12/c1-2-10-36-12-14-38-16-17-39-15-13-37-11-8-20(28)25-9-4-3-5-18(22(31)32)26-24(35)27-19(23(33)34)6-7-21(29)30/h18-19H,2-17H2,1H3,(H,25,28)(H,29,30)(H,31,32)(H,33,34)(H2,26,27,35). The molecule has 15 heteroatoms. The van der Waals surface area contributed by atoms with Crippen molar-refractivity contribution in [2.75, 3.05) is 59.4 Å². The molecule has 6 N–H and O–H groups in total. The zero-order valence-electron chi connectivity index (χ0n) is 22.5. The molecular weight excluding hydrogens is 522 g/mol. The van der Waals surface area contributed by atoms with E-state index in [2.05, 4.69) is 16.0 Å². The molecule has 226 valence electrons. The Labute approximate surface area is 227 Å². The molecule has 15 nitrogen and oxygen atoms in total. The average Bonchev–Trinajstić information content (AvgIpc) is 2.87. The lowest BCUT2D eigenvalue weighted by molar-refractivity contribution is -0.140. The second-order valence-electron chi connectivity index (χ2n) is 8.38. The number of carbonyl (C=O) groups is 5. The number of carboxylic acid groups (broad SMARTS) is 3. The lowest BCUT2D eigenvalue weighted by atomic mass is 10.1. The summed E-state index contributed by atoms with van der Waals surface area (Å²) in [5.74, 6) is -4.18. The second-order valence-corrected chi connectivity index (χ2v) is 8.38. The summed E-state index contributed by atoms with van der Waals surface area (Å²) in [4.78, 5) is 57.0. The molecule has 0 saturated heterocycles. The maximum absolute atomic E-state index is 12.0. The van der Waals surface area contributed by atoms with E-state index in [0.717, 1.165) is 13.0 Å². The first kappa shape index (κ1) is 36.0. The molecule has 0 spiro atoms. The Morgan fingerprint density at radius 2 is 1.13 bits per heavy atom. The van der Waals surface area contributed by atoms with Gasteiger partial charge in [-0.25, -0.2) is 14.4 Å². The van der Waals surface area contributed by atoms with E-state index in [0.29, 0.717) is 59.0 Å². The molecule has 0 fully saturated rings. The highest BCUT2D eigenvalue weighted by Crippen LogP contribution is 2.03. The molecular formula is C24H43N3O12. The predicted molar refractivity (Wildman–Crippen MR) is 136 cm³/mol. The normalized spacial score (nSPS) is 12.3. The zero-order chi connectivity index (χ0) is 29.3. The van der Waals surface area contributed by atoms with Crippen LogP contribution in [0.1, 0.15) is 51.9 Å². The molecule has 2 atom stereocenters. The molecule has 0 aliphatic rings. The molecule has 3 amide bonds. The summed E-state index contributed by atoms with van der Waals surface area (Å²) in [6.45, 7) is 6.01. The number of carboxylic acids is 3. The Kier molecular flexibility index (Phi) is 22.2. The van der Waals surface area contributed by atoms with E-state index in [-0.39, 0.29) is 31.8 Å². The maximum Gasteiger partial charge on any atom is 0.326 e. The molecule has 0 aliphatic heterocycles. The van der Waals surface area contributed by atoms with Gasteiger partial charge in [0.2, 0.25) is 5.91 Å². The molecule has 0 heterocycles. The van der Waals surface area contributed by atoms with Crippen LogP contribution in [0.3, 0.4) is 0 Å². The molecule has 2 unspecified atom stereocenters. The van der Waals surface area contributed by atoms with Gasteiger partial charge < -0.3 is 50.2 Å². The number of carbonyl (C=O) groups excluding carboxylic acids is 2. The minimum Gasteiger partial charge on any atom is -0.481 e. The first-order valence-electron chi connectivity index (χ1n) is 13.0. The van der Waals surface area contributed by atoms with Gasteiger partial charge in [0.05, 0.1) is 46.2 Å². The van der Waals surface area contributed by atoms with Gasteiger partial charge in [-0.2, -0.15) is 0 Å². The van der Waals surface area contributed by atoms with E-state index in [1.807, 2.05) is 6.92 Å². The van der Waals surface area contributed by atoms with Crippen molar-refractivity contribution < 1.29 is 58.2 Å². The van der Waals surface area contributed by atoms with E-state index in [1.54, 1.807) is 0 Å². The van der Waals surface area contributed by atoms with Crippen molar-refractivity contribution in [3.63, 3.8) is 0 Å². The smallest absolute Gasteiger partial charge is 0.326 e. The molecule has 0 aromatic heterocycles. The van der Waals surface area contributed by atoms with E-state index in [9.17, 15) is 29.1 Å². The number of urea groups is 1. The Balaban J connectivity index is 3.86. The Bertz CT molecular complexity index is 722. The lowest BCUT2D eigenvalue weighted by Gasteiger charge is -2.18. The Morgan fingerprint density at radius 3 is 1.62 bits per heavy atom. The van der Waals surface area contributed by atoms with Crippen LogP contribution in [0.15, 0.2) is 0 Å². The van der Waals surface area contributed by atoms with Crippen molar-refractivity contribution in [2.24, 2.45) is 0 Å². The Morgan fingerprint density at radius 1 is 0.641 bits per heavy atom. The van der Waals surface area contributed by atoms with Crippen LogP contribution in [-0.4, -0.2) is 117 Å². The molecule has 0 saturated carbocycles. The van der Waals surface area contributed by atoms with Crippen molar-refractivity contribution in [3.8, 4) is 0 Å². The van der Waals surface area contributed by atoms with Crippen molar-refractivity contribution in [3.05, 3.63) is 0 Å². The molecule has 0 aromatic rings. The predicted octanol–water partition coefficient (Wildman–Crippen LogP) is 0.210. The van der Waals surface area contributed by atoms with Gasteiger partial charge >= 0.3 is 23.9 Å². The van der Waals surface area contributed by atoms with Gasteiger partial charge in [0.25, 0.3) is 0 Å². The number of aliphatic carboxylic acids is 3. The summed E-state index contributed by atoms with van der Waals surface area (Å²) in [6, 6.07) is -3.78. The zero-order valence-corrected chi connectivity index (χ0v) is 22.5. The largest absolute Gasteiger partial charge is 0.481 e. The summed E-state index contributed by atoms with van der Waals surface area (Å²) < 4.78 is 21.3. The van der Waals surface area contributed by atoms with Crippen LogP contribution in [0, 0.1) is 0 Å².